The quantitative estimate of drug-likeness (QED) is 0.210. The Morgan fingerprint density at radius 2 is 1.37 bits per heavy atom. The van der Waals surface area contributed by atoms with Crippen LogP contribution in [0.4, 0.5) is 0 Å². The predicted octanol–water partition coefficient (Wildman–Crippen LogP) is 9.06. The molecule has 0 saturated carbocycles. The third-order valence-electron chi connectivity index (χ3n) is 7.36. The lowest BCUT2D eigenvalue weighted by molar-refractivity contribution is 0.673. The van der Waals surface area contributed by atoms with Gasteiger partial charge in [0.25, 0.3) is 0 Å². The van der Waals surface area contributed by atoms with E-state index >= 15 is 0 Å². The molecule has 0 saturated heterocycles. The van der Waals surface area contributed by atoms with Crippen molar-refractivity contribution in [2.45, 2.75) is 0 Å². The van der Waals surface area contributed by atoms with Gasteiger partial charge in [-0.05, 0) is 42.5 Å². The minimum absolute atomic E-state index is 0.919. The molecule has 162 valence electrons. The number of fused-ring (bicyclic) bond motifs is 16. The first-order valence-corrected chi connectivity index (χ1v) is 12.6. The van der Waals surface area contributed by atoms with Crippen molar-refractivity contribution in [1.29, 1.82) is 0 Å². The molecular formula is C31H16N2OS. The zero-order valence-electron chi connectivity index (χ0n) is 18.4. The maximum atomic E-state index is 6.61. The summed E-state index contributed by atoms with van der Waals surface area (Å²) in [6, 6.07) is 34.4. The number of rotatable bonds is 0. The SMILES string of the molecule is c1ccc2c(c1)nc1c3ccc4c5ccccc5sc4c3c3c4oc5ccccc5c4ccc3n21. The van der Waals surface area contributed by atoms with Gasteiger partial charge in [-0.3, -0.25) is 4.40 Å². The largest absolute Gasteiger partial charge is 0.455 e. The molecule has 4 aromatic heterocycles. The highest BCUT2D eigenvalue weighted by molar-refractivity contribution is 7.26. The number of nitrogens with zero attached hydrogens (tertiary/aromatic N) is 2. The number of aromatic nitrogens is 2. The molecule has 0 bridgehead atoms. The van der Waals surface area contributed by atoms with E-state index in [0.29, 0.717) is 0 Å². The summed E-state index contributed by atoms with van der Waals surface area (Å²) in [6.45, 7) is 0. The molecule has 0 aliphatic rings. The smallest absolute Gasteiger partial charge is 0.146 e. The molecule has 0 fully saturated rings. The first-order chi connectivity index (χ1) is 17.4. The van der Waals surface area contributed by atoms with Crippen molar-refractivity contribution in [1.82, 2.24) is 9.38 Å². The molecule has 3 nitrogen and oxygen atoms in total. The molecule has 0 aliphatic heterocycles. The minimum atomic E-state index is 0.919. The van der Waals surface area contributed by atoms with Crippen molar-refractivity contribution < 1.29 is 4.42 Å². The van der Waals surface area contributed by atoms with E-state index in [4.69, 9.17) is 9.40 Å². The molecule has 0 radical (unpaired) electrons. The Morgan fingerprint density at radius 3 is 2.34 bits per heavy atom. The van der Waals surface area contributed by atoms with Gasteiger partial charge in [-0.1, -0.05) is 54.6 Å². The number of para-hydroxylation sites is 3. The maximum Gasteiger partial charge on any atom is 0.146 e. The van der Waals surface area contributed by atoms with Crippen LogP contribution in [0.5, 0.6) is 0 Å². The molecular weight excluding hydrogens is 448 g/mol. The fourth-order valence-corrected chi connectivity index (χ4v) is 7.14. The molecule has 4 heteroatoms. The van der Waals surface area contributed by atoms with Gasteiger partial charge in [0.2, 0.25) is 0 Å². The Hall–Kier alpha value is -4.41. The van der Waals surface area contributed by atoms with E-state index in [-0.39, 0.29) is 0 Å². The van der Waals surface area contributed by atoms with Gasteiger partial charge in [0, 0.05) is 41.7 Å². The van der Waals surface area contributed by atoms with Gasteiger partial charge in [0.1, 0.15) is 16.8 Å². The van der Waals surface area contributed by atoms with Crippen LogP contribution >= 0.6 is 11.3 Å². The maximum absolute atomic E-state index is 6.61. The van der Waals surface area contributed by atoms with Crippen LogP contribution in [0.2, 0.25) is 0 Å². The van der Waals surface area contributed by atoms with E-state index in [1.54, 1.807) is 0 Å². The number of benzene rings is 5. The Morgan fingerprint density at radius 1 is 0.600 bits per heavy atom. The van der Waals surface area contributed by atoms with E-state index in [2.05, 4.69) is 95.4 Å². The third-order valence-corrected chi connectivity index (χ3v) is 8.57. The molecule has 5 aromatic carbocycles. The van der Waals surface area contributed by atoms with Crippen molar-refractivity contribution in [3.63, 3.8) is 0 Å². The highest BCUT2D eigenvalue weighted by Crippen LogP contribution is 2.45. The number of thiophene rings is 1. The van der Waals surface area contributed by atoms with Crippen molar-refractivity contribution in [2.75, 3.05) is 0 Å². The average Bonchev–Trinajstić information content (AvgIpc) is 3.59. The molecule has 35 heavy (non-hydrogen) atoms. The summed E-state index contributed by atoms with van der Waals surface area (Å²) in [4.78, 5) is 5.11. The molecule has 0 amide bonds. The van der Waals surface area contributed by atoms with Gasteiger partial charge < -0.3 is 4.42 Å². The lowest BCUT2D eigenvalue weighted by atomic mass is 10.0. The van der Waals surface area contributed by atoms with E-state index in [9.17, 15) is 0 Å². The van der Waals surface area contributed by atoms with E-state index in [1.165, 1.54) is 25.6 Å². The summed E-state index contributed by atoms with van der Waals surface area (Å²) in [5.74, 6) is 0. The second-order valence-electron chi connectivity index (χ2n) is 9.16. The number of pyridine rings is 1. The van der Waals surface area contributed by atoms with Gasteiger partial charge in [-0.25, -0.2) is 4.98 Å². The van der Waals surface area contributed by atoms with Crippen molar-refractivity contribution in [3.8, 4) is 0 Å². The second kappa shape index (κ2) is 6.17. The molecule has 9 rings (SSSR count). The van der Waals surface area contributed by atoms with E-state index in [1.807, 2.05) is 17.4 Å². The number of hydrogen-bond acceptors (Lipinski definition) is 3. The summed E-state index contributed by atoms with van der Waals surface area (Å²) in [6.07, 6.45) is 0. The first-order valence-electron chi connectivity index (χ1n) is 11.7. The highest BCUT2D eigenvalue weighted by atomic mass is 32.1. The molecule has 0 N–H and O–H groups in total. The van der Waals surface area contributed by atoms with E-state index in [0.717, 1.165) is 54.9 Å². The van der Waals surface area contributed by atoms with E-state index < -0.39 is 0 Å². The van der Waals surface area contributed by atoms with Crippen LogP contribution in [0.3, 0.4) is 0 Å². The molecule has 0 atom stereocenters. The Bertz CT molecular complexity index is 2330. The highest BCUT2D eigenvalue weighted by Gasteiger charge is 2.21. The van der Waals surface area contributed by atoms with Crippen LogP contribution < -0.4 is 0 Å². The van der Waals surface area contributed by atoms with Crippen LogP contribution in [-0.2, 0) is 0 Å². The molecule has 4 heterocycles. The van der Waals surface area contributed by atoms with Crippen LogP contribution in [0.25, 0.3) is 80.5 Å². The lowest BCUT2D eigenvalue weighted by Crippen LogP contribution is -1.92. The Kier molecular flexibility index (Phi) is 3.17. The number of furan rings is 1. The zero-order chi connectivity index (χ0) is 22.7. The van der Waals surface area contributed by atoms with Crippen LogP contribution in [0.15, 0.2) is 101 Å². The summed E-state index contributed by atoms with van der Waals surface area (Å²) >= 11 is 1.86. The van der Waals surface area contributed by atoms with Crippen LogP contribution in [-0.4, -0.2) is 9.38 Å². The van der Waals surface area contributed by atoms with Crippen molar-refractivity contribution in [2.24, 2.45) is 0 Å². The second-order valence-corrected chi connectivity index (χ2v) is 10.2. The molecule has 0 spiro atoms. The normalized spacial score (nSPS) is 12.6. The summed E-state index contributed by atoms with van der Waals surface area (Å²) in [5.41, 5.74) is 6.09. The number of hydrogen-bond donors (Lipinski definition) is 0. The van der Waals surface area contributed by atoms with Gasteiger partial charge in [0.05, 0.1) is 21.9 Å². The van der Waals surface area contributed by atoms with Gasteiger partial charge in [-0.15, -0.1) is 11.3 Å². The monoisotopic (exact) mass is 464 g/mol. The fourth-order valence-electron chi connectivity index (χ4n) is 5.88. The molecule has 9 aromatic rings. The predicted molar refractivity (Wildman–Crippen MR) is 148 cm³/mol. The molecule has 0 aliphatic carbocycles. The zero-order valence-corrected chi connectivity index (χ0v) is 19.3. The first kappa shape index (κ1) is 18.0. The summed E-state index contributed by atoms with van der Waals surface area (Å²) in [5, 5.41) is 8.42. The summed E-state index contributed by atoms with van der Waals surface area (Å²) in [7, 11) is 0. The molecule has 0 unspecified atom stereocenters. The lowest BCUT2D eigenvalue weighted by Gasteiger charge is -2.10. The fraction of sp³-hybridized carbons (Fsp3) is 0. The average molecular weight is 465 g/mol. The van der Waals surface area contributed by atoms with Gasteiger partial charge in [0.15, 0.2) is 0 Å². The minimum Gasteiger partial charge on any atom is -0.455 e. The van der Waals surface area contributed by atoms with Gasteiger partial charge >= 0.3 is 0 Å². The summed E-state index contributed by atoms with van der Waals surface area (Å²) < 4.78 is 11.5. The van der Waals surface area contributed by atoms with Crippen molar-refractivity contribution in [3.05, 3.63) is 97.1 Å². The standard InChI is InChI=1S/C31H16N2OS/c1-5-11-25-17(7-1)19-15-16-24-28(29(19)34-25)27-21(31-32-22-9-3-4-10-23(22)33(24)31)14-13-20-18-8-2-6-12-26(18)35-30(20)27/h1-16H. The van der Waals surface area contributed by atoms with Crippen LogP contribution in [0.1, 0.15) is 0 Å². The van der Waals surface area contributed by atoms with Gasteiger partial charge in [-0.2, -0.15) is 0 Å². The Balaban J connectivity index is 1.68. The third kappa shape index (κ3) is 2.14. The van der Waals surface area contributed by atoms with Crippen LogP contribution in [0, 0.1) is 0 Å². The topological polar surface area (TPSA) is 30.4 Å². The Labute approximate surface area is 202 Å². The van der Waals surface area contributed by atoms with Crippen molar-refractivity contribution >= 4 is 91.8 Å². The number of imidazole rings is 1.